The quantitative estimate of drug-likeness (QED) is 0.384. The number of hydrogen-bond acceptors (Lipinski definition) is 2. The molecule has 5 rings (SSSR count). The van der Waals surface area contributed by atoms with Crippen LogP contribution in [0, 0.1) is 23.4 Å². The van der Waals surface area contributed by atoms with Crippen molar-refractivity contribution in [3.05, 3.63) is 71.4 Å². The van der Waals surface area contributed by atoms with E-state index in [1.54, 1.807) is 12.1 Å². The van der Waals surface area contributed by atoms with Crippen molar-refractivity contribution in [2.24, 2.45) is 5.92 Å². The zero-order valence-corrected chi connectivity index (χ0v) is 17.3. The number of halogens is 3. The Bertz CT molecular complexity index is 1200. The van der Waals surface area contributed by atoms with Crippen LogP contribution in [0.15, 0.2) is 42.6 Å². The van der Waals surface area contributed by atoms with E-state index in [9.17, 15) is 13.2 Å². The van der Waals surface area contributed by atoms with Crippen LogP contribution in [0.2, 0.25) is 0 Å². The SMILES string of the molecule is C[C@H](C[C@H]1CC[C@@H](c2ccnc3ccc(F)cc32)CC1)c1nc2cc(F)c(F)cc2[nH]1. The van der Waals surface area contributed by atoms with Crippen molar-refractivity contribution in [3.8, 4) is 0 Å². The molecule has 31 heavy (non-hydrogen) atoms. The standard InChI is InChI=1S/C25H24F3N3/c1-14(25-30-23-12-20(27)21(28)13-24(23)31-25)10-15-2-4-16(5-3-15)18-8-9-29-22-7-6-17(26)11-19(18)22/h6-9,11-16H,2-5,10H2,1H3,(H,30,31)/t14-,15-,16+/m1/s1. The number of aromatic amines is 1. The summed E-state index contributed by atoms with van der Waals surface area (Å²) in [6.07, 6.45) is 7.10. The van der Waals surface area contributed by atoms with Gasteiger partial charge in [-0.25, -0.2) is 18.2 Å². The largest absolute Gasteiger partial charge is 0.342 e. The summed E-state index contributed by atoms with van der Waals surface area (Å²) < 4.78 is 40.7. The van der Waals surface area contributed by atoms with Crippen LogP contribution in [0.3, 0.4) is 0 Å². The van der Waals surface area contributed by atoms with E-state index in [-0.39, 0.29) is 11.7 Å². The summed E-state index contributed by atoms with van der Waals surface area (Å²) in [5.74, 6) is -0.0328. The lowest BCUT2D eigenvalue weighted by atomic mass is 9.75. The molecule has 1 atom stereocenters. The molecular formula is C25H24F3N3. The Hall–Kier alpha value is -2.89. The minimum atomic E-state index is -0.875. The zero-order valence-electron chi connectivity index (χ0n) is 17.3. The van der Waals surface area contributed by atoms with Crippen molar-refractivity contribution >= 4 is 21.9 Å². The van der Waals surface area contributed by atoms with Crippen molar-refractivity contribution < 1.29 is 13.2 Å². The highest BCUT2D eigenvalue weighted by atomic mass is 19.2. The van der Waals surface area contributed by atoms with Crippen LogP contribution in [-0.2, 0) is 0 Å². The molecule has 2 aromatic heterocycles. The predicted molar refractivity (Wildman–Crippen MR) is 115 cm³/mol. The van der Waals surface area contributed by atoms with Gasteiger partial charge in [-0.3, -0.25) is 4.98 Å². The van der Waals surface area contributed by atoms with Crippen molar-refractivity contribution in [2.75, 3.05) is 0 Å². The highest BCUT2D eigenvalue weighted by Crippen LogP contribution is 2.41. The third-order valence-corrected chi connectivity index (χ3v) is 6.72. The molecule has 0 amide bonds. The molecule has 3 nitrogen and oxygen atoms in total. The first-order chi connectivity index (χ1) is 15.0. The van der Waals surface area contributed by atoms with Crippen LogP contribution < -0.4 is 0 Å². The number of rotatable bonds is 4. The first-order valence-electron chi connectivity index (χ1n) is 10.9. The van der Waals surface area contributed by atoms with Gasteiger partial charge in [0.1, 0.15) is 11.6 Å². The molecule has 160 valence electrons. The van der Waals surface area contributed by atoms with E-state index in [0.29, 0.717) is 22.9 Å². The zero-order chi connectivity index (χ0) is 21.5. The van der Waals surface area contributed by atoms with Gasteiger partial charge in [0.15, 0.2) is 11.6 Å². The lowest BCUT2D eigenvalue weighted by molar-refractivity contribution is 0.296. The molecule has 1 fully saturated rings. The summed E-state index contributed by atoms with van der Waals surface area (Å²) >= 11 is 0. The second-order valence-corrected chi connectivity index (χ2v) is 8.82. The fourth-order valence-corrected chi connectivity index (χ4v) is 5.07. The van der Waals surface area contributed by atoms with Crippen LogP contribution in [0.25, 0.3) is 21.9 Å². The van der Waals surface area contributed by atoms with Gasteiger partial charge in [-0.1, -0.05) is 6.92 Å². The minimum absolute atomic E-state index is 0.177. The van der Waals surface area contributed by atoms with Gasteiger partial charge < -0.3 is 4.98 Å². The van der Waals surface area contributed by atoms with Crippen molar-refractivity contribution in [1.82, 2.24) is 15.0 Å². The van der Waals surface area contributed by atoms with Crippen molar-refractivity contribution in [1.29, 1.82) is 0 Å². The number of fused-ring (bicyclic) bond motifs is 2. The Morgan fingerprint density at radius 2 is 1.74 bits per heavy atom. The molecular weight excluding hydrogens is 399 g/mol. The van der Waals surface area contributed by atoms with E-state index in [1.807, 2.05) is 12.3 Å². The smallest absolute Gasteiger partial charge is 0.161 e. The summed E-state index contributed by atoms with van der Waals surface area (Å²) in [5.41, 5.74) is 3.02. The number of pyridine rings is 1. The molecule has 2 aromatic carbocycles. The molecule has 0 spiro atoms. The number of hydrogen-bond donors (Lipinski definition) is 1. The Balaban J connectivity index is 1.27. The molecule has 2 heterocycles. The van der Waals surface area contributed by atoms with E-state index in [1.165, 1.54) is 17.7 Å². The van der Waals surface area contributed by atoms with E-state index >= 15 is 0 Å². The molecule has 0 radical (unpaired) electrons. The second kappa shape index (κ2) is 7.98. The number of H-pyrrole nitrogens is 1. The summed E-state index contributed by atoms with van der Waals surface area (Å²) in [4.78, 5) is 12.0. The monoisotopic (exact) mass is 423 g/mol. The Morgan fingerprint density at radius 3 is 2.55 bits per heavy atom. The van der Waals surface area contributed by atoms with E-state index in [4.69, 9.17) is 0 Å². The average molecular weight is 423 g/mol. The number of nitrogens with one attached hydrogen (secondary N) is 1. The highest BCUT2D eigenvalue weighted by molar-refractivity contribution is 5.82. The van der Waals surface area contributed by atoms with Gasteiger partial charge in [0, 0.05) is 29.6 Å². The van der Waals surface area contributed by atoms with E-state index in [0.717, 1.165) is 54.9 Å². The normalized spacial score (nSPS) is 20.4. The van der Waals surface area contributed by atoms with Crippen LogP contribution >= 0.6 is 0 Å². The fraction of sp³-hybridized carbons (Fsp3) is 0.360. The Morgan fingerprint density at radius 1 is 0.968 bits per heavy atom. The molecule has 0 unspecified atom stereocenters. The maximum atomic E-state index is 13.8. The van der Waals surface area contributed by atoms with Gasteiger partial charge in [0.2, 0.25) is 0 Å². The second-order valence-electron chi connectivity index (χ2n) is 8.82. The Labute approximate surface area is 178 Å². The Kier molecular flexibility index (Phi) is 5.16. The molecule has 0 aliphatic heterocycles. The third kappa shape index (κ3) is 3.91. The van der Waals surface area contributed by atoms with E-state index in [2.05, 4.69) is 21.9 Å². The first kappa shape index (κ1) is 20.0. The summed E-state index contributed by atoms with van der Waals surface area (Å²) in [7, 11) is 0. The molecule has 0 bridgehead atoms. The third-order valence-electron chi connectivity index (χ3n) is 6.72. The molecule has 1 aliphatic carbocycles. The molecule has 1 aliphatic rings. The number of imidazole rings is 1. The van der Waals surface area contributed by atoms with E-state index < -0.39 is 11.6 Å². The topological polar surface area (TPSA) is 41.6 Å². The molecule has 1 saturated carbocycles. The minimum Gasteiger partial charge on any atom is -0.342 e. The van der Waals surface area contributed by atoms with Gasteiger partial charge in [0.05, 0.1) is 16.6 Å². The lowest BCUT2D eigenvalue weighted by Gasteiger charge is -2.30. The highest BCUT2D eigenvalue weighted by Gasteiger charge is 2.26. The predicted octanol–water partition coefficient (Wildman–Crippen LogP) is 7.00. The lowest BCUT2D eigenvalue weighted by Crippen LogP contribution is -2.16. The van der Waals surface area contributed by atoms with Gasteiger partial charge in [-0.15, -0.1) is 0 Å². The molecule has 0 saturated heterocycles. The molecule has 1 N–H and O–H groups in total. The van der Waals surface area contributed by atoms with Crippen LogP contribution in [0.4, 0.5) is 13.2 Å². The maximum absolute atomic E-state index is 13.8. The fourth-order valence-electron chi connectivity index (χ4n) is 5.07. The van der Waals surface area contributed by atoms with Crippen LogP contribution in [-0.4, -0.2) is 15.0 Å². The number of nitrogens with zero attached hydrogens (tertiary/aromatic N) is 2. The van der Waals surface area contributed by atoms with Crippen LogP contribution in [0.1, 0.15) is 62.3 Å². The summed E-state index contributed by atoms with van der Waals surface area (Å²) in [5, 5.41) is 0.918. The summed E-state index contributed by atoms with van der Waals surface area (Å²) in [6, 6.07) is 9.14. The van der Waals surface area contributed by atoms with Gasteiger partial charge >= 0.3 is 0 Å². The van der Waals surface area contributed by atoms with Gasteiger partial charge in [0.25, 0.3) is 0 Å². The summed E-state index contributed by atoms with van der Waals surface area (Å²) in [6.45, 7) is 2.11. The average Bonchev–Trinajstić information content (AvgIpc) is 3.17. The molecule has 6 heteroatoms. The van der Waals surface area contributed by atoms with Crippen molar-refractivity contribution in [3.63, 3.8) is 0 Å². The maximum Gasteiger partial charge on any atom is 0.161 e. The van der Waals surface area contributed by atoms with Crippen LogP contribution in [0.5, 0.6) is 0 Å². The number of benzene rings is 2. The first-order valence-corrected chi connectivity index (χ1v) is 10.9. The van der Waals surface area contributed by atoms with Crippen molar-refractivity contribution in [2.45, 2.75) is 50.9 Å². The van der Waals surface area contributed by atoms with Gasteiger partial charge in [-0.2, -0.15) is 0 Å². The van der Waals surface area contributed by atoms with Gasteiger partial charge in [-0.05, 0) is 73.8 Å². The molecule has 4 aromatic rings. The number of aromatic nitrogens is 3.